The molecule has 2 amide bonds. The number of nitrogens with zero attached hydrogens (tertiary/aromatic N) is 2. The molecule has 0 atom stereocenters. The predicted molar refractivity (Wildman–Crippen MR) is 98.1 cm³/mol. The van der Waals surface area contributed by atoms with Crippen LogP contribution in [-0.4, -0.2) is 28.3 Å². The minimum Gasteiger partial charge on any atom is -0.352 e. The summed E-state index contributed by atoms with van der Waals surface area (Å²) in [5.74, 6) is -0.299. The molecule has 0 unspecified atom stereocenters. The number of anilines is 1. The molecule has 0 saturated heterocycles. The summed E-state index contributed by atoms with van der Waals surface area (Å²) in [5.41, 5.74) is -0.248. The molecule has 0 aliphatic rings. The van der Waals surface area contributed by atoms with Gasteiger partial charge < -0.3 is 10.6 Å². The number of halogens is 4. The molecule has 2 heterocycles. The van der Waals surface area contributed by atoms with Gasteiger partial charge in [-0.1, -0.05) is 18.5 Å². The molecule has 150 valence electrons. The van der Waals surface area contributed by atoms with Gasteiger partial charge in [-0.05, 0) is 31.0 Å². The molecular formula is C18H18ClF3N4O2. The van der Waals surface area contributed by atoms with Crippen LogP contribution in [0.2, 0.25) is 5.02 Å². The van der Waals surface area contributed by atoms with Crippen LogP contribution < -0.4 is 10.6 Å². The molecular weight excluding hydrogens is 397 g/mol. The largest absolute Gasteiger partial charge is 0.417 e. The molecule has 0 aliphatic heterocycles. The van der Waals surface area contributed by atoms with Gasteiger partial charge in [0.25, 0.3) is 5.91 Å². The van der Waals surface area contributed by atoms with Gasteiger partial charge >= 0.3 is 6.18 Å². The Morgan fingerprint density at radius 1 is 1.21 bits per heavy atom. The van der Waals surface area contributed by atoms with E-state index in [0.29, 0.717) is 30.5 Å². The number of aromatic nitrogens is 2. The smallest absolute Gasteiger partial charge is 0.352 e. The zero-order valence-electron chi connectivity index (χ0n) is 14.9. The quantitative estimate of drug-likeness (QED) is 0.674. The van der Waals surface area contributed by atoms with Crippen molar-refractivity contribution in [3.8, 4) is 0 Å². The van der Waals surface area contributed by atoms with Gasteiger partial charge in [0.15, 0.2) is 0 Å². The van der Waals surface area contributed by atoms with E-state index < -0.39 is 11.7 Å². The van der Waals surface area contributed by atoms with Crippen LogP contribution in [-0.2, 0) is 17.4 Å². The second-order valence-electron chi connectivity index (χ2n) is 5.84. The number of aryl methyl sites for hydroxylation is 1. The average molecular weight is 415 g/mol. The van der Waals surface area contributed by atoms with Crippen molar-refractivity contribution in [3.05, 3.63) is 52.4 Å². The maximum Gasteiger partial charge on any atom is 0.417 e. The highest BCUT2D eigenvalue weighted by atomic mass is 35.5. The maximum atomic E-state index is 12.6. The van der Waals surface area contributed by atoms with E-state index in [-0.39, 0.29) is 29.2 Å². The summed E-state index contributed by atoms with van der Waals surface area (Å²) < 4.78 is 37.8. The monoisotopic (exact) mass is 414 g/mol. The highest BCUT2D eigenvalue weighted by Gasteiger charge is 2.31. The first-order valence-electron chi connectivity index (χ1n) is 8.46. The molecule has 2 rings (SSSR count). The SMILES string of the molecule is CCC(=O)Nc1cc(C(=O)NCCCc2ncc(C(F)(F)F)cc2Cl)ccn1. The molecule has 0 aliphatic carbocycles. The molecule has 0 aromatic carbocycles. The third kappa shape index (κ3) is 6.19. The minimum absolute atomic E-state index is 0.0633. The Labute approximate surface area is 164 Å². The predicted octanol–water partition coefficient (Wildman–Crippen LogP) is 3.86. The van der Waals surface area contributed by atoms with Crippen molar-refractivity contribution < 1.29 is 22.8 Å². The van der Waals surface area contributed by atoms with Crippen molar-refractivity contribution in [1.29, 1.82) is 0 Å². The van der Waals surface area contributed by atoms with E-state index in [9.17, 15) is 22.8 Å². The molecule has 0 bridgehead atoms. The van der Waals surface area contributed by atoms with Crippen molar-refractivity contribution in [1.82, 2.24) is 15.3 Å². The summed E-state index contributed by atoms with van der Waals surface area (Å²) in [7, 11) is 0. The highest BCUT2D eigenvalue weighted by Crippen LogP contribution is 2.31. The molecule has 0 saturated carbocycles. The zero-order chi connectivity index (χ0) is 20.7. The van der Waals surface area contributed by atoms with Crippen molar-refractivity contribution in [2.45, 2.75) is 32.4 Å². The first-order valence-corrected chi connectivity index (χ1v) is 8.84. The van der Waals surface area contributed by atoms with Gasteiger partial charge in [-0.25, -0.2) is 4.98 Å². The molecule has 2 N–H and O–H groups in total. The van der Waals surface area contributed by atoms with Crippen LogP contribution in [0, 0.1) is 0 Å². The third-order valence-corrected chi connectivity index (χ3v) is 4.06. The summed E-state index contributed by atoms with van der Waals surface area (Å²) in [5, 5.41) is 5.19. The molecule has 0 fully saturated rings. The lowest BCUT2D eigenvalue weighted by Gasteiger charge is -2.10. The number of rotatable bonds is 7. The van der Waals surface area contributed by atoms with Gasteiger partial charge in [-0.2, -0.15) is 13.2 Å². The number of nitrogens with one attached hydrogen (secondary N) is 2. The van der Waals surface area contributed by atoms with E-state index in [2.05, 4.69) is 20.6 Å². The molecule has 0 spiro atoms. The zero-order valence-corrected chi connectivity index (χ0v) is 15.7. The van der Waals surface area contributed by atoms with Crippen LogP contribution in [0.4, 0.5) is 19.0 Å². The Bertz CT molecular complexity index is 859. The minimum atomic E-state index is -4.50. The molecule has 2 aromatic heterocycles. The molecule has 6 nitrogen and oxygen atoms in total. The Balaban J connectivity index is 1.86. The van der Waals surface area contributed by atoms with Crippen LogP contribution in [0.5, 0.6) is 0 Å². The molecule has 2 aromatic rings. The number of hydrogen-bond donors (Lipinski definition) is 2. The van der Waals surface area contributed by atoms with Gasteiger partial charge in [-0.3, -0.25) is 14.6 Å². The fourth-order valence-electron chi connectivity index (χ4n) is 2.24. The fourth-order valence-corrected chi connectivity index (χ4v) is 2.50. The van der Waals surface area contributed by atoms with Crippen LogP contribution >= 0.6 is 11.6 Å². The van der Waals surface area contributed by atoms with Gasteiger partial charge in [-0.15, -0.1) is 0 Å². The Morgan fingerprint density at radius 3 is 2.61 bits per heavy atom. The second kappa shape index (κ2) is 9.50. The number of carbonyl (C=O) groups is 2. The van der Waals surface area contributed by atoms with Crippen molar-refractivity contribution in [3.63, 3.8) is 0 Å². The second-order valence-corrected chi connectivity index (χ2v) is 6.25. The van der Waals surface area contributed by atoms with E-state index in [1.54, 1.807) is 6.92 Å². The van der Waals surface area contributed by atoms with Gasteiger partial charge in [0, 0.05) is 30.9 Å². The molecule has 0 radical (unpaired) electrons. The summed E-state index contributed by atoms with van der Waals surface area (Å²) in [4.78, 5) is 31.3. The Hall–Kier alpha value is -2.68. The number of carbonyl (C=O) groups excluding carboxylic acids is 2. The van der Waals surface area contributed by atoms with Crippen molar-refractivity contribution >= 4 is 29.2 Å². The summed E-state index contributed by atoms with van der Waals surface area (Å²) in [6, 6.07) is 3.80. The Morgan fingerprint density at radius 2 is 1.96 bits per heavy atom. The normalized spacial score (nSPS) is 11.2. The van der Waals surface area contributed by atoms with Crippen LogP contribution in [0.15, 0.2) is 30.6 Å². The number of alkyl halides is 3. The summed E-state index contributed by atoms with van der Waals surface area (Å²) in [6.45, 7) is 1.97. The lowest BCUT2D eigenvalue weighted by Crippen LogP contribution is -2.25. The molecule has 10 heteroatoms. The highest BCUT2D eigenvalue weighted by molar-refractivity contribution is 6.31. The maximum absolute atomic E-state index is 12.6. The van der Waals surface area contributed by atoms with E-state index in [4.69, 9.17) is 11.6 Å². The van der Waals surface area contributed by atoms with Crippen LogP contribution in [0.3, 0.4) is 0 Å². The van der Waals surface area contributed by atoms with E-state index in [1.165, 1.54) is 18.3 Å². The van der Waals surface area contributed by atoms with Crippen LogP contribution in [0.1, 0.15) is 41.4 Å². The van der Waals surface area contributed by atoms with Gasteiger partial charge in [0.05, 0.1) is 16.3 Å². The summed E-state index contributed by atoms with van der Waals surface area (Å²) >= 11 is 5.85. The summed E-state index contributed by atoms with van der Waals surface area (Å²) in [6.07, 6.45) is -1.31. The lowest BCUT2D eigenvalue weighted by atomic mass is 10.1. The fraction of sp³-hybridized carbons (Fsp3) is 0.333. The topological polar surface area (TPSA) is 84.0 Å². The third-order valence-electron chi connectivity index (χ3n) is 3.73. The van der Waals surface area contributed by atoms with E-state index in [0.717, 1.165) is 12.3 Å². The van der Waals surface area contributed by atoms with Gasteiger partial charge in [0.1, 0.15) is 5.82 Å². The first kappa shape index (κ1) is 21.6. The van der Waals surface area contributed by atoms with E-state index in [1.807, 2.05) is 0 Å². The average Bonchev–Trinajstić information content (AvgIpc) is 2.65. The van der Waals surface area contributed by atoms with E-state index >= 15 is 0 Å². The van der Waals surface area contributed by atoms with Crippen molar-refractivity contribution in [2.75, 3.05) is 11.9 Å². The van der Waals surface area contributed by atoms with Gasteiger partial charge in [0.2, 0.25) is 5.91 Å². The first-order chi connectivity index (χ1) is 13.2. The standard InChI is InChI=1S/C18H18ClF3N4O2/c1-2-16(27)26-15-8-11(5-7-23-15)17(28)24-6-3-4-14-13(19)9-12(10-25-14)18(20,21)22/h5,7-10H,2-4,6H2,1H3,(H,24,28)(H,23,26,27). The Kier molecular flexibility index (Phi) is 7.33. The number of hydrogen-bond acceptors (Lipinski definition) is 4. The number of pyridine rings is 2. The van der Waals surface area contributed by atoms with Crippen LogP contribution in [0.25, 0.3) is 0 Å². The molecule has 28 heavy (non-hydrogen) atoms. The van der Waals surface area contributed by atoms with Crippen molar-refractivity contribution in [2.24, 2.45) is 0 Å². The lowest BCUT2D eigenvalue weighted by molar-refractivity contribution is -0.137. The number of amides is 2.